The summed E-state index contributed by atoms with van der Waals surface area (Å²) in [6.45, 7) is 1.49. The minimum Gasteiger partial charge on any atom is -0.489 e. The average Bonchev–Trinajstić information content (AvgIpc) is 3.23. The zero-order chi connectivity index (χ0) is 18.1. The van der Waals surface area contributed by atoms with Crippen molar-refractivity contribution in [2.24, 2.45) is 11.8 Å². The maximum absolute atomic E-state index is 6.23. The van der Waals surface area contributed by atoms with Crippen LogP contribution in [0.15, 0.2) is 48.5 Å². The van der Waals surface area contributed by atoms with Gasteiger partial charge in [0.15, 0.2) is 0 Å². The Balaban J connectivity index is 1.36. The van der Waals surface area contributed by atoms with Crippen molar-refractivity contribution in [1.82, 2.24) is 0 Å². The van der Waals surface area contributed by atoms with Crippen molar-refractivity contribution in [2.75, 3.05) is 11.9 Å². The number of fused-ring (bicyclic) bond motifs is 3. The summed E-state index contributed by atoms with van der Waals surface area (Å²) in [5.41, 5.74) is 3.73. The molecule has 2 aromatic rings. The van der Waals surface area contributed by atoms with Crippen molar-refractivity contribution < 1.29 is 9.47 Å². The van der Waals surface area contributed by atoms with Crippen LogP contribution in [0.25, 0.3) is 0 Å². The van der Waals surface area contributed by atoms with E-state index in [1.807, 2.05) is 6.07 Å². The van der Waals surface area contributed by atoms with E-state index in [1.165, 1.54) is 55.3 Å². The molecule has 0 unspecified atom stereocenters. The minimum atomic E-state index is 0.230. The summed E-state index contributed by atoms with van der Waals surface area (Å²) < 4.78 is 12.3. The first-order valence-electron chi connectivity index (χ1n) is 10.6. The molecule has 0 amide bonds. The molecule has 1 saturated carbocycles. The molecule has 0 spiro atoms. The van der Waals surface area contributed by atoms with Gasteiger partial charge in [0.2, 0.25) is 0 Å². The first kappa shape index (κ1) is 17.1. The van der Waals surface area contributed by atoms with Gasteiger partial charge in [-0.3, -0.25) is 0 Å². The Morgan fingerprint density at radius 2 is 1.81 bits per heavy atom. The van der Waals surface area contributed by atoms with Gasteiger partial charge in [-0.05, 0) is 48.9 Å². The summed E-state index contributed by atoms with van der Waals surface area (Å²) in [5.74, 6) is 2.34. The van der Waals surface area contributed by atoms with Crippen LogP contribution in [0, 0.1) is 11.8 Å². The summed E-state index contributed by atoms with van der Waals surface area (Å²) in [6.07, 6.45) is 8.33. The Labute approximate surface area is 162 Å². The molecule has 27 heavy (non-hydrogen) atoms. The second-order valence-corrected chi connectivity index (χ2v) is 8.34. The molecule has 142 valence electrons. The van der Waals surface area contributed by atoms with Gasteiger partial charge in [-0.1, -0.05) is 49.6 Å². The summed E-state index contributed by atoms with van der Waals surface area (Å²) in [5, 5.41) is 3.90. The van der Waals surface area contributed by atoms with Gasteiger partial charge >= 0.3 is 0 Å². The number of ether oxygens (including phenoxy) is 2. The lowest BCUT2D eigenvalue weighted by Gasteiger charge is -2.42. The SMILES string of the molecule is c1ccc(COc2ccc3c(c2)[C@H]2OCC[C@H]2[C@@H](C2CCCCC2)N3)cc1. The van der Waals surface area contributed by atoms with E-state index in [-0.39, 0.29) is 6.10 Å². The summed E-state index contributed by atoms with van der Waals surface area (Å²) in [6, 6.07) is 17.4. The molecule has 0 radical (unpaired) electrons. The highest BCUT2D eigenvalue weighted by molar-refractivity contribution is 5.58. The number of nitrogens with one attached hydrogen (secondary N) is 1. The Morgan fingerprint density at radius 1 is 0.963 bits per heavy atom. The predicted molar refractivity (Wildman–Crippen MR) is 108 cm³/mol. The number of anilines is 1. The molecule has 0 bridgehead atoms. The third kappa shape index (κ3) is 3.45. The molecule has 1 N–H and O–H groups in total. The molecule has 3 heteroatoms. The molecule has 2 aromatic carbocycles. The van der Waals surface area contributed by atoms with E-state index in [0.717, 1.165) is 18.3 Å². The first-order valence-corrected chi connectivity index (χ1v) is 10.6. The average molecular weight is 364 g/mol. The van der Waals surface area contributed by atoms with Gasteiger partial charge in [0.1, 0.15) is 12.4 Å². The Morgan fingerprint density at radius 3 is 2.67 bits per heavy atom. The van der Waals surface area contributed by atoms with Crippen LogP contribution in [-0.4, -0.2) is 12.6 Å². The molecule has 1 saturated heterocycles. The van der Waals surface area contributed by atoms with Crippen LogP contribution in [-0.2, 0) is 11.3 Å². The molecule has 2 heterocycles. The van der Waals surface area contributed by atoms with Crippen molar-refractivity contribution in [3.8, 4) is 5.75 Å². The highest BCUT2D eigenvalue weighted by Crippen LogP contribution is 2.49. The molecule has 3 atom stereocenters. The van der Waals surface area contributed by atoms with E-state index in [2.05, 4.69) is 47.8 Å². The van der Waals surface area contributed by atoms with E-state index in [4.69, 9.17) is 9.47 Å². The zero-order valence-electron chi connectivity index (χ0n) is 15.9. The molecule has 5 rings (SSSR count). The van der Waals surface area contributed by atoms with E-state index < -0.39 is 0 Å². The lowest BCUT2D eigenvalue weighted by atomic mass is 9.73. The van der Waals surface area contributed by atoms with Crippen molar-refractivity contribution in [2.45, 2.75) is 57.3 Å². The number of hydrogen-bond donors (Lipinski definition) is 1. The molecular formula is C24H29NO2. The lowest BCUT2D eigenvalue weighted by molar-refractivity contribution is 0.0729. The molecule has 3 aliphatic rings. The fourth-order valence-electron chi connectivity index (χ4n) is 5.28. The van der Waals surface area contributed by atoms with Crippen LogP contribution in [0.3, 0.4) is 0 Å². The van der Waals surface area contributed by atoms with E-state index in [1.54, 1.807) is 0 Å². The summed E-state index contributed by atoms with van der Waals surface area (Å²) >= 11 is 0. The van der Waals surface area contributed by atoms with Gasteiger partial charge in [0, 0.05) is 29.8 Å². The van der Waals surface area contributed by atoms with Crippen LogP contribution in [0.5, 0.6) is 5.75 Å². The van der Waals surface area contributed by atoms with Crippen molar-refractivity contribution >= 4 is 5.69 Å². The number of hydrogen-bond acceptors (Lipinski definition) is 3. The summed E-state index contributed by atoms with van der Waals surface area (Å²) in [4.78, 5) is 0. The summed E-state index contributed by atoms with van der Waals surface area (Å²) in [7, 11) is 0. The van der Waals surface area contributed by atoms with E-state index >= 15 is 0 Å². The molecule has 3 nitrogen and oxygen atoms in total. The Bertz CT molecular complexity index is 769. The smallest absolute Gasteiger partial charge is 0.120 e. The van der Waals surface area contributed by atoms with Crippen LogP contribution in [0.4, 0.5) is 5.69 Å². The van der Waals surface area contributed by atoms with E-state index in [9.17, 15) is 0 Å². The number of benzene rings is 2. The van der Waals surface area contributed by atoms with Crippen LogP contribution in [0.1, 0.15) is 55.8 Å². The molecule has 0 aromatic heterocycles. The van der Waals surface area contributed by atoms with Gasteiger partial charge in [-0.25, -0.2) is 0 Å². The minimum absolute atomic E-state index is 0.230. The van der Waals surface area contributed by atoms with Crippen molar-refractivity contribution in [3.63, 3.8) is 0 Å². The standard InChI is InChI=1S/C24H29NO2/c1-3-7-17(8-4-1)16-27-19-11-12-22-21(15-19)24-20(13-14-26-24)23(25-22)18-9-5-2-6-10-18/h1,3-4,7-8,11-12,15,18,20,23-25H,2,5-6,9-10,13-14,16H2/t20-,23+,24-/m0/s1. The highest BCUT2D eigenvalue weighted by atomic mass is 16.5. The Hall–Kier alpha value is -2.00. The molecular weight excluding hydrogens is 334 g/mol. The van der Waals surface area contributed by atoms with Crippen molar-refractivity contribution in [3.05, 3.63) is 59.7 Å². The fraction of sp³-hybridized carbons (Fsp3) is 0.500. The second kappa shape index (κ2) is 7.55. The first-order chi connectivity index (χ1) is 13.4. The zero-order valence-corrected chi connectivity index (χ0v) is 15.9. The maximum Gasteiger partial charge on any atom is 0.120 e. The van der Waals surface area contributed by atoms with Crippen LogP contribution in [0.2, 0.25) is 0 Å². The molecule has 2 aliphatic heterocycles. The van der Waals surface area contributed by atoms with Gasteiger partial charge in [0.05, 0.1) is 6.10 Å². The monoisotopic (exact) mass is 363 g/mol. The topological polar surface area (TPSA) is 30.5 Å². The lowest BCUT2D eigenvalue weighted by Crippen LogP contribution is -2.42. The number of rotatable bonds is 4. The molecule has 2 fully saturated rings. The predicted octanol–water partition coefficient (Wildman–Crippen LogP) is 5.72. The molecule has 1 aliphatic carbocycles. The fourth-order valence-corrected chi connectivity index (χ4v) is 5.28. The van der Waals surface area contributed by atoms with Gasteiger partial charge in [0.25, 0.3) is 0 Å². The van der Waals surface area contributed by atoms with Gasteiger partial charge in [-0.15, -0.1) is 0 Å². The normalized spacial score (nSPS) is 27.5. The maximum atomic E-state index is 6.23. The van der Waals surface area contributed by atoms with E-state index in [0.29, 0.717) is 18.6 Å². The van der Waals surface area contributed by atoms with Crippen LogP contribution >= 0.6 is 0 Å². The Kier molecular flexibility index (Phi) is 4.79. The largest absolute Gasteiger partial charge is 0.489 e. The quantitative estimate of drug-likeness (QED) is 0.754. The highest BCUT2D eigenvalue weighted by Gasteiger charge is 2.43. The third-order valence-electron chi connectivity index (χ3n) is 6.66. The van der Waals surface area contributed by atoms with Gasteiger partial charge in [-0.2, -0.15) is 0 Å². The second-order valence-electron chi connectivity index (χ2n) is 8.34. The third-order valence-corrected chi connectivity index (χ3v) is 6.66. The van der Waals surface area contributed by atoms with Gasteiger partial charge < -0.3 is 14.8 Å². The van der Waals surface area contributed by atoms with Crippen molar-refractivity contribution in [1.29, 1.82) is 0 Å². The van der Waals surface area contributed by atoms with Crippen LogP contribution < -0.4 is 10.1 Å².